The summed E-state index contributed by atoms with van der Waals surface area (Å²) in [6.07, 6.45) is 6.02. The number of imidazole rings is 1. The van der Waals surface area contributed by atoms with Crippen LogP contribution in [0.5, 0.6) is 0 Å². The molecule has 2 aromatic heterocycles. The Balaban J connectivity index is 1.17. The van der Waals surface area contributed by atoms with Gasteiger partial charge in [0.2, 0.25) is 5.89 Å². The molecule has 0 radical (unpaired) electrons. The first-order valence-electron chi connectivity index (χ1n) is 10.9. The zero-order valence-electron chi connectivity index (χ0n) is 18.0. The first-order valence-corrected chi connectivity index (χ1v) is 10.9. The van der Waals surface area contributed by atoms with Crippen LogP contribution in [0.25, 0.3) is 0 Å². The second kappa shape index (κ2) is 10.4. The quantitative estimate of drug-likeness (QED) is 0.533. The number of aromatic nitrogens is 3. The number of rotatable bonds is 9. The van der Waals surface area contributed by atoms with E-state index in [0.717, 1.165) is 51.5 Å². The van der Waals surface area contributed by atoms with Gasteiger partial charge < -0.3 is 14.3 Å². The summed E-state index contributed by atoms with van der Waals surface area (Å²) in [5.41, 5.74) is 1.69. The van der Waals surface area contributed by atoms with E-state index < -0.39 is 0 Å². The third-order valence-electron chi connectivity index (χ3n) is 5.64. The van der Waals surface area contributed by atoms with E-state index in [4.69, 9.17) is 4.42 Å². The predicted octanol–water partition coefficient (Wildman–Crippen LogP) is 2.32. The van der Waals surface area contributed by atoms with Crippen LogP contribution in [0.2, 0.25) is 0 Å². The molecule has 31 heavy (non-hydrogen) atoms. The molecule has 1 N–H and O–H groups in total. The minimum atomic E-state index is -0.190. The molecule has 1 aliphatic rings. The van der Waals surface area contributed by atoms with Crippen molar-refractivity contribution in [3.63, 3.8) is 0 Å². The highest BCUT2D eigenvalue weighted by atomic mass is 16.3. The van der Waals surface area contributed by atoms with Gasteiger partial charge in [-0.1, -0.05) is 30.3 Å². The molecule has 0 aliphatic carbocycles. The van der Waals surface area contributed by atoms with E-state index in [0.29, 0.717) is 24.7 Å². The number of aryl methyl sites for hydroxylation is 2. The van der Waals surface area contributed by atoms with Gasteiger partial charge in [-0.25, -0.2) is 9.97 Å². The fourth-order valence-corrected chi connectivity index (χ4v) is 3.81. The second-order valence-electron chi connectivity index (χ2n) is 7.94. The highest BCUT2D eigenvalue weighted by Gasteiger charge is 2.20. The third kappa shape index (κ3) is 6.02. The summed E-state index contributed by atoms with van der Waals surface area (Å²) in [5.74, 6) is 1.38. The lowest BCUT2D eigenvalue weighted by molar-refractivity contribution is 0.0947. The number of benzene rings is 1. The summed E-state index contributed by atoms with van der Waals surface area (Å²) in [6.45, 7) is 8.95. The number of amides is 1. The molecule has 3 aromatic rings. The number of nitrogens with one attached hydrogen (secondary N) is 1. The summed E-state index contributed by atoms with van der Waals surface area (Å²) >= 11 is 0. The molecule has 3 heterocycles. The summed E-state index contributed by atoms with van der Waals surface area (Å²) in [6, 6.07) is 10.6. The second-order valence-corrected chi connectivity index (χ2v) is 7.94. The Morgan fingerprint density at radius 2 is 1.84 bits per heavy atom. The number of carbonyl (C=O) groups is 1. The normalized spacial score (nSPS) is 15.3. The molecule has 0 unspecified atom stereocenters. The number of nitrogens with zero attached hydrogens (tertiary/aromatic N) is 5. The van der Waals surface area contributed by atoms with Gasteiger partial charge in [0.15, 0.2) is 5.69 Å². The lowest BCUT2D eigenvalue weighted by Crippen LogP contribution is -2.45. The number of piperazine rings is 1. The standard InChI is InChI=1S/C23H30N6O2/c1-19-24-9-11-29(19)10-5-8-25-23(30)21-18-31-22(26-21)17-28-14-12-27(13-15-28)16-20-6-3-2-4-7-20/h2-4,6-7,9,11,18H,5,8,10,12-17H2,1H3,(H,25,30). The van der Waals surface area contributed by atoms with E-state index in [9.17, 15) is 4.79 Å². The van der Waals surface area contributed by atoms with Crippen LogP contribution in [0.15, 0.2) is 53.4 Å². The van der Waals surface area contributed by atoms with E-state index >= 15 is 0 Å². The zero-order chi connectivity index (χ0) is 21.5. The van der Waals surface area contributed by atoms with Crippen molar-refractivity contribution in [2.45, 2.75) is 33.0 Å². The molecule has 0 spiro atoms. The van der Waals surface area contributed by atoms with E-state index in [1.54, 1.807) is 6.20 Å². The number of hydrogen-bond donors (Lipinski definition) is 1. The van der Waals surface area contributed by atoms with Gasteiger partial charge in [0, 0.05) is 58.2 Å². The fraction of sp³-hybridized carbons (Fsp3) is 0.435. The Labute approximate surface area is 182 Å². The van der Waals surface area contributed by atoms with Crippen LogP contribution >= 0.6 is 0 Å². The lowest BCUT2D eigenvalue weighted by Gasteiger charge is -2.34. The molecule has 8 heteroatoms. The summed E-state index contributed by atoms with van der Waals surface area (Å²) in [4.78, 5) is 25.7. The molecule has 1 fully saturated rings. The van der Waals surface area contributed by atoms with Crippen LogP contribution in [-0.2, 0) is 19.6 Å². The SMILES string of the molecule is Cc1nccn1CCCNC(=O)c1coc(CN2CCN(Cc3ccccc3)CC2)n1. The van der Waals surface area contributed by atoms with Crippen LogP contribution in [0.1, 0.15) is 34.2 Å². The summed E-state index contributed by atoms with van der Waals surface area (Å²) < 4.78 is 7.62. The highest BCUT2D eigenvalue weighted by Crippen LogP contribution is 2.12. The van der Waals surface area contributed by atoms with E-state index in [-0.39, 0.29) is 5.91 Å². The van der Waals surface area contributed by atoms with Crippen LogP contribution in [0.4, 0.5) is 0 Å². The predicted molar refractivity (Wildman–Crippen MR) is 117 cm³/mol. The van der Waals surface area contributed by atoms with Crippen LogP contribution in [0.3, 0.4) is 0 Å². The highest BCUT2D eigenvalue weighted by molar-refractivity contribution is 5.91. The van der Waals surface area contributed by atoms with E-state index in [1.165, 1.54) is 11.8 Å². The molecule has 1 aromatic carbocycles. The Morgan fingerprint density at radius 3 is 2.55 bits per heavy atom. The van der Waals surface area contributed by atoms with Crippen molar-refractivity contribution in [3.8, 4) is 0 Å². The maximum absolute atomic E-state index is 12.3. The molecule has 164 valence electrons. The van der Waals surface area contributed by atoms with Gasteiger partial charge in [-0.3, -0.25) is 14.6 Å². The molecule has 1 amide bonds. The van der Waals surface area contributed by atoms with Crippen molar-refractivity contribution in [3.05, 3.63) is 72.0 Å². The average Bonchev–Trinajstić information content (AvgIpc) is 3.42. The zero-order valence-corrected chi connectivity index (χ0v) is 18.0. The molecule has 0 bridgehead atoms. The molecular weight excluding hydrogens is 392 g/mol. The van der Waals surface area contributed by atoms with Crippen molar-refractivity contribution in [2.75, 3.05) is 32.7 Å². The van der Waals surface area contributed by atoms with Gasteiger partial charge in [0.05, 0.1) is 6.54 Å². The molecule has 1 aliphatic heterocycles. The monoisotopic (exact) mass is 422 g/mol. The van der Waals surface area contributed by atoms with Crippen molar-refractivity contribution in [1.82, 2.24) is 29.7 Å². The minimum Gasteiger partial charge on any atom is -0.447 e. The summed E-state index contributed by atoms with van der Waals surface area (Å²) in [7, 11) is 0. The van der Waals surface area contributed by atoms with E-state index in [1.807, 2.05) is 13.1 Å². The Hall–Kier alpha value is -2.97. The Morgan fingerprint density at radius 1 is 1.10 bits per heavy atom. The minimum absolute atomic E-state index is 0.190. The fourth-order valence-electron chi connectivity index (χ4n) is 3.81. The van der Waals surface area contributed by atoms with Gasteiger partial charge >= 0.3 is 0 Å². The largest absolute Gasteiger partial charge is 0.447 e. The summed E-state index contributed by atoms with van der Waals surface area (Å²) in [5, 5.41) is 2.91. The molecular formula is C23H30N6O2. The van der Waals surface area contributed by atoms with Crippen molar-refractivity contribution in [2.24, 2.45) is 0 Å². The van der Waals surface area contributed by atoms with Crippen LogP contribution in [-0.4, -0.2) is 63.0 Å². The maximum atomic E-state index is 12.3. The number of oxazole rings is 1. The average molecular weight is 423 g/mol. The van der Waals surface area contributed by atoms with Gasteiger partial charge in [-0.05, 0) is 18.9 Å². The topological polar surface area (TPSA) is 79.4 Å². The van der Waals surface area contributed by atoms with Gasteiger partial charge in [-0.15, -0.1) is 0 Å². The van der Waals surface area contributed by atoms with E-state index in [2.05, 4.69) is 60.0 Å². The van der Waals surface area contributed by atoms with Gasteiger partial charge in [0.25, 0.3) is 5.91 Å². The first-order chi connectivity index (χ1) is 15.2. The molecule has 4 rings (SSSR count). The number of carbonyl (C=O) groups excluding carboxylic acids is 1. The molecule has 1 saturated heterocycles. The van der Waals surface area contributed by atoms with Gasteiger partial charge in [-0.2, -0.15) is 0 Å². The van der Waals surface area contributed by atoms with Crippen molar-refractivity contribution in [1.29, 1.82) is 0 Å². The smallest absolute Gasteiger partial charge is 0.273 e. The maximum Gasteiger partial charge on any atom is 0.273 e. The third-order valence-corrected chi connectivity index (χ3v) is 5.64. The number of hydrogen-bond acceptors (Lipinski definition) is 6. The molecule has 0 atom stereocenters. The van der Waals surface area contributed by atoms with Crippen LogP contribution < -0.4 is 5.32 Å². The first kappa shape index (κ1) is 21.3. The van der Waals surface area contributed by atoms with Crippen molar-refractivity contribution < 1.29 is 9.21 Å². The Kier molecular flexibility index (Phi) is 7.11. The Bertz CT molecular complexity index is 959. The van der Waals surface area contributed by atoms with Gasteiger partial charge in [0.1, 0.15) is 12.1 Å². The lowest BCUT2D eigenvalue weighted by atomic mass is 10.2. The van der Waals surface area contributed by atoms with Crippen LogP contribution in [0, 0.1) is 6.92 Å². The molecule has 8 nitrogen and oxygen atoms in total. The van der Waals surface area contributed by atoms with Crippen molar-refractivity contribution >= 4 is 5.91 Å². The molecule has 0 saturated carbocycles.